The molecule has 0 unspecified atom stereocenters. The zero-order valence-electron chi connectivity index (χ0n) is 6.02. The molecule has 1 aliphatic carbocycles. The van der Waals surface area contributed by atoms with Crippen molar-refractivity contribution in [3.8, 4) is 0 Å². The molecular weight excluding hydrogens is 224 g/mol. The summed E-state index contributed by atoms with van der Waals surface area (Å²) >= 11 is 0. The smallest absolute Gasteiger partial charge is 0.203 e. The molecule has 0 spiro atoms. The van der Waals surface area contributed by atoms with E-state index in [-0.39, 0.29) is 0 Å². The molecule has 14 heavy (non-hydrogen) atoms. The first kappa shape index (κ1) is 11.0. The molecule has 0 aliphatic heterocycles. The largest absolute Gasteiger partial charge is 0.443 e. The fraction of sp³-hybridized carbons (Fsp3) is 0.333. The van der Waals surface area contributed by atoms with Crippen molar-refractivity contribution < 1.29 is 35.1 Å². The lowest BCUT2D eigenvalue weighted by Gasteiger charge is -2.27. The predicted octanol–water partition coefficient (Wildman–Crippen LogP) is 3.57. The summed E-state index contributed by atoms with van der Waals surface area (Å²) in [5.74, 6) is -13.3. The summed E-state index contributed by atoms with van der Waals surface area (Å²) in [7, 11) is 0. The van der Waals surface area contributed by atoms with Crippen LogP contribution in [0.15, 0.2) is 23.1 Å². The monoisotopic (exact) mass is 224 g/mol. The number of rotatable bonds is 0. The maximum atomic E-state index is 12.2. The Morgan fingerprint density at radius 2 is 1.50 bits per heavy atom. The molecule has 0 radical (unpaired) electrons. The molecule has 0 heterocycles. The van der Waals surface area contributed by atoms with Crippen LogP contribution >= 0.6 is 0 Å². The number of hydrogen-bond donors (Lipinski definition) is 0. The van der Waals surface area contributed by atoms with E-state index in [9.17, 15) is 35.1 Å². The van der Waals surface area contributed by atoms with E-state index in [1.165, 1.54) is 0 Å². The lowest BCUT2D eigenvalue weighted by molar-refractivity contribution is -0.114. The van der Waals surface area contributed by atoms with Gasteiger partial charge in [0.25, 0.3) is 0 Å². The van der Waals surface area contributed by atoms with Crippen LogP contribution in [0.25, 0.3) is 0 Å². The fourth-order valence-electron chi connectivity index (χ4n) is 0.809. The molecule has 80 valence electrons. The molecule has 0 aromatic rings. The van der Waals surface area contributed by atoms with Gasteiger partial charge in [-0.3, -0.25) is 0 Å². The van der Waals surface area contributed by atoms with Crippen molar-refractivity contribution >= 4 is 0 Å². The SMILES string of the molecule is FC1=C(F)C(F)(F)/C1=C(/F)C(F)(F)F. The van der Waals surface area contributed by atoms with Crippen molar-refractivity contribution in [2.45, 2.75) is 12.1 Å². The Balaban J connectivity index is 3.29. The lowest BCUT2D eigenvalue weighted by atomic mass is 9.93. The normalized spacial score (nSPS) is 24.9. The van der Waals surface area contributed by atoms with E-state index in [2.05, 4.69) is 0 Å². The summed E-state index contributed by atoms with van der Waals surface area (Å²) in [4.78, 5) is 0. The minimum absolute atomic E-state index is 2.50. The first-order chi connectivity index (χ1) is 6.10. The van der Waals surface area contributed by atoms with Crippen LogP contribution in [0.3, 0.4) is 0 Å². The van der Waals surface area contributed by atoms with E-state index in [1.807, 2.05) is 0 Å². The molecule has 0 aromatic carbocycles. The minimum atomic E-state index is -5.75. The highest BCUT2D eigenvalue weighted by Gasteiger charge is 2.60. The van der Waals surface area contributed by atoms with Gasteiger partial charge in [0.05, 0.1) is 0 Å². The van der Waals surface area contributed by atoms with Crippen molar-refractivity contribution in [2.75, 3.05) is 0 Å². The van der Waals surface area contributed by atoms with E-state index >= 15 is 0 Å². The zero-order chi connectivity index (χ0) is 11.3. The van der Waals surface area contributed by atoms with Crippen LogP contribution < -0.4 is 0 Å². The van der Waals surface area contributed by atoms with Crippen LogP contribution in [0.1, 0.15) is 0 Å². The molecule has 0 saturated heterocycles. The molecule has 0 nitrogen and oxygen atoms in total. The van der Waals surface area contributed by atoms with Gasteiger partial charge in [0.15, 0.2) is 5.83 Å². The van der Waals surface area contributed by atoms with Gasteiger partial charge >= 0.3 is 12.1 Å². The molecule has 0 saturated carbocycles. The highest BCUT2D eigenvalue weighted by molar-refractivity contribution is 5.52. The van der Waals surface area contributed by atoms with Crippen LogP contribution in [0.2, 0.25) is 0 Å². The van der Waals surface area contributed by atoms with Gasteiger partial charge in [-0.15, -0.1) is 0 Å². The van der Waals surface area contributed by atoms with Crippen LogP contribution in [0.5, 0.6) is 0 Å². The quantitative estimate of drug-likeness (QED) is 0.551. The molecule has 0 bridgehead atoms. The van der Waals surface area contributed by atoms with Crippen LogP contribution in [0, 0.1) is 0 Å². The van der Waals surface area contributed by atoms with Crippen molar-refractivity contribution in [3.05, 3.63) is 23.1 Å². The highest BCUT2D eigenvalue weighted by Crippen LogP contribution is 2.53. The van der Waals surface area contributed by atoms with Crippen LogP contribution in [0.4, 0.5) is 35.1 Å². The Morgan fingerprint density at radius 1 is 1.07 bits per heavy atom. The standard InChI is InChI=1S/C6F8/c7-2-1(3(8)6(12,13)14)5(10,11)4(2)9/b3-1+. The summed E-state index contributed by atoms with van der Waals surface area (Å²) < 4.78 is 94.8. The third kappa shape index (κ3) is 1.28. The van der Waals surface area contributed by atoms with Gasteiger partial charge in [-0.2, -0.15) is 22.0 Å². The molecular formula is C6F8. The van der Waals surface area contributed by atoms with Gasteiger partial charge in [0.2, 0.25) is 11.7 Å². The van der Waals surface area contributed by atoms with E-state index in [4.69, 9.17) is 0 Å². The molecule has 0 fully saturated rings. The van der Waals surface area contributed by atoms with E-state index in [0.29, 0.717) is 0 Å². The van der Waals surface area contributed by atoms with Gasteiger partial charge in [-0.1, -0.05) is 0 Å². The molecule has 1 aliphatic rings. The van der Waals surface area contributed by atoms with Gasteiger partial charge in [-0.25, -0.2) is 13.2 Å². The molecule has 1 rings (SSSR count). The Bertz CT molecular complexity index is 330. The van der Waals surface area contributed by atoms with Crippen molar-refractivity contribution in [1.82, 2.24) is 0 Å². The van der Waals surface area contributed by atoms with Crippen LogP contribution in [-0.4, -0.2) is 12.1 Å². The Kier molecular flexibility index (Phi) is 2.13. The number of hydrogen-bond acceptors (Lipinski definition) is 0. The van der Waals surface area contributed by atoms with Crippen molar-refractivity contribution in [2.24, 2.45) is 0 Å². The van der Waals surface area contributed by atoms with E-state index < -0.39 is 35.2 Å². The summed E-state index contributed by atoms with van der Waals surface area (Å²) in [5.41, 5.74) is -2.58. The summed E-state index contributed by atoms with van der Waals surface area (Å²) in [5, 5.41) is 0. The van der Waals surface area contributed by atoms with E-state index in [0.717, 1.165) is 0 Å². The maximum absolute atomic E-state index is 12.2. The van der Waals surface area contributed by atoms with Gasteiger partial charge in [0, 0.05) is 0 Å². The zero-order valence-corrected chi connectivity index (χ0v) is 6.02. The molecule has 8 heteroatoms. The predicted molar refractivity (Wildman–Crippen MR) is 28.4 cm³/mol. The third-order valence-electron chi connectivity index (χ3n) is 1.47. The topological polar surface area (TPSA) is 0 Å². The number of allylic oxidation sites excluding steroid dienone is 4. The maximum Gasteiger partial charge on any atom is 0.443 e. The third-order valence-corrected chi connectivity index (χ3v) is 1.47. The summed E-state index contributed by atoms with van der Waals surface area (Å²) in [6, 6.07) is 0. The average Bonchev–Trinajstić information content (AvgIpc) is 2.01. The lowest BCUT2D eigenvalue weighted by Crippen LogP contribution is -2.34. The molecule has 0 N–H and O–H groups in total. The minimum Gasteiger partial charge on any atom is -0.203 e. The number of halogens is 8. The molecule has 0 atom stereocenters. The highest BCUT2D eigenvalue weighted by atomic mass is 19.4. The number of alkyl halides is 5. The second-order valence-electron chi connectivity index (χ2n) is 2.39. The summed E-state index contributed by atoms with van der Waals surface area (Å²) in [6.45, 7) is 0. The first-order valence-electron chi connectivity index (χ1n) is 3.01. The Hall–Kier alpha value is -1.08. The van der Waals surface area contributed by atoms with Gasteiger partial charge < -0.3 is 0 Å². The van der Waals surface area contributed by atoms with Crippen molar-refractivity contribution in [3.63, 3.8) is 0 Å². The summed E-state index contributed by atoms with van der Waals surface area (Å²) in [6.07, 6.45) is -5.75. The second kappa shape index (κ2) is 2.71. The Morgan fingerprint density at radius 3 is 1.79 bits per heavy atom. The van der Waals surface area contributed by atoms with E-state index in [1.54, 1.807) is 0 Å². The average molecular weight is 224 g/mol. The van der Waals surface area contributed by atoms with Gasteiger partial charge in [-0.05, 0) is 0 Å². The second-order valence-corrected chi connectivity index (χ2v) is 2.39. The van der Waals surface area contributed by atoms with Crippen LogP contribution in [-0.2, 0) is 0 Å². The Labute approximate surface area is 71.5 Å². The molecule has 0 aromatic heterocycles. The van der Waals surface area contributed by atoms with Gasteiger partial charge in [0.1, 0.15) is 5.57 Å². The molecule has 0 amide bonds. The fourth-order valence-corrected chi connectivity index (χ4v) is 0.809. The first-order valence-corrected chi connectivity index (χ1v) is 3.01. The van der Waals surface area contributed by atoms with Crippen molar-refractivity contribution in [1.29, 1.82) is 0 Å².